The Morgan fingerprint density at radius 1 is 1.33 bits per heavy atom. The lowest BCUT2D eigenvalue weighted by molar-refractivity contribution is -0.132. The Morgan fingerprint density at radius 2 is 2.10 bits per heavy atom. The number of nitrogens with zero attached hydrogens (tertiary/aromatic N) is 1. The van der Waals surface area contributed by atoms with Crippen LogP contribution < -0.4 is 5.32 Å². The van der Waals surface area contributed by atoms with E-state index in [4.69, 9.17) is 0 Å². The molecule has 0 aliphatic carbocycles. The van der Waals surface area contributed by atoms with Crippen LogP contribution in [0.15, 0.2) is 30.3 Å². The van der Waals surface area contributed by atoms with Gasteiger partial charge in [0.25, 0.3) is 0 Å². The summed E-state index contributed by atoms with van der Waals surface area (Å²) in [6.45, 7) is 4.84. The Bertz CT molecular complexity index is 405. The van der Waals surface area contributed by atoms with E-state index in [9.17, 15) is 4.79 Å². The smallest absolute Gasteiger partial charge is 0.222 e. The Hall–Kier alpha value is -1.06. The van der Waals surface area contributed by atoms with Gasteiger partial charge in [0.2, 0.25) is 5.91 Å². The number of halogens is 1. The Kier molecular flexibility index (Phi) is 8.40. The van der Waals surface area contributed by atoms with Gasteiger partial charge in [-0.3, -0.25) is 4.79 Å². The van der Waals surface area contributed by atoms with Crippen LogP contribution in [0.25, 0.3) is 0 Å². The number of hydrogen-bond acceptors (Lipinski definition) is 2. The Labute approximate surface area is 134 Å². The fourth-order valence-corrected chi connectivity index (χ4v) is 2.82. The standard InChI is InChI=1S/C17H26N2O.ClH/c1-2-13-19(14-15-7-4-3-5-8-15)17(20)11-10-16-9-6-12-18-16;/h3-5,7-8,16,18H,2,6,9-14H2,1H3;1H. The third-order valence-electron chi connectivity index (χ3n) is 3.93. The van der Waals surface area contributed by atoms with Crippen LogP contribution in [-0.4, -0.2) is 29.9 Å². The van der Waals surface area contributed by atoms with Crippen LogP contribution in [-0.2, 0) is 11.3 Å². The van der Waals surface area contributed by atoms with Crippen molar-refractivity contribution < 1.29 is 4.79 Å². The molecule has 1 aromatic carbocycles. The molecule has 4 heteroatoms. The normalized spacial score (nSPS) is 17.3. The number of amides is 1. The first kappa shape index (κ1) is 18.0. The second-order valence-corrected chi connectivity index (χ2v) is 5.63. The zero-order chi connectivity index (χ0) is 14.2. The van der Waals surface area contributed by atoms with E-state index in [1.807, 2.05) is 23.1 Å². The number of carbonyl (C=O) groups excluding carboxylic acids is 1. The third-order valence-corrected chi connectivity index (χ3v) is 3.93. The van der Waals surface area contributed by atoms with Gasteiger partial charge in [-0.25, -0.2) is 0 Å². The molecule has 1 N–H and O–H groups in total. The largest absolute Gasteiger partial charge is 0.338 e. The van der Waals surface area contributed by atoms with Gasteiger partial charge < -0.3 is 10.2 Å². The number of carbonyl (C=O) groups is 1. The first-order chi connectivity index (χ1) is 9.79. The van der Waals surface area contributed by atoms with Crippen molar-refractivity contribution in [3.05, 3.63) is 35.9 Å². The molecule has 21 heavy (non-hydrogen) atoms. The summed E-state index contributed by atoms with van der Waals surface area (Å²) in [6, 6.07) is 10.8. The molecule has 1 aliphatic rings. The lowest BCUT2D eigenvalue weighted by Crippen LogP contribution is -2.32. The van der Waals surface area contributed by atoms with Crippen molar-refractivity contribution in [3.63, 3.8) is 0 Å². The highest BCUT2D eigenvalue weighted by atomic mass is 35.5. The maximum absolute atomic E-state index is 12.4. The van der Waals surface area contributed by atoms with E-state index in [1.54, 1.807) is 0 Å². The summed E-state index contributed by atoms with van der Waals surface area (Å²) >= 11 is 0. The lowest BCUT2D eigenvalue weighted by Gasteiger charge is -2.23. The van der Waals surface area contributed by atoms with Gasteiger partial charge in [0.15, 0.2) is 0 Å². The van der Waals surface area contributed by atoms with E-state index in [1.165, 1.54) is 18.4 Å². The van der Waals surface area contributed by atoms with Crippen LogP contribution in [0.2, 0.25) is 0 Å². The molecular weight excluding hydrogens is 284 g/mol. The van der Waals surface area contributed by atoms with E-state index in [0.717, 1.165) is 32.5 Å². The average Bonchev–Trinajstić information content (AvgIpc) is 2.99. The van der Waals surface area contributed by atoms with Crippen molar-refractivity contribution >= 4 is 18.3 Å². The van der Waals surface area contributed by atoms with Crippen LogP contribution in [0.5, 0.6) is 0 Å². The molecular formula is C17H27ClN2O. The molecule has 0 radical (unpaired) electrons. The second-order valence-electron chi connectivity index (χ2n) is 5.63. The molecule has 1 aliphatic heterocycles. The summed E-state index contributed by atoms with van der Waals surface area (Å²) < 4.78 is 0. The van der Waals surface area contributed by atoms with Gasteiger partial charge in [0.05, 0.1) is 0 Å². The van der Waals surface area contributed by atoms with Crippen LogP contribution in [0.4, 0.5) is 0 Å². The number of rotatable bonds is 7. The fraction of sp³-hybridized carbons (Fsp3) is 0.588. The zero-order valence-corrected chi connectivity index (χ0v) is 13.7. The highest BCUT2D eigenvalue weighted by Gasteiger charge is 2.18. The summed E-state index contributed by atoms with van der Waals surface area (Å²) in [5.74, 6) is 0.296. The number of hydrogen-bond donors (Lipinski definition) is 1. The van der Waals surface area contributed by atoms with E-state index >= 15 is 0 Å². The molecule has 1 heterocycles. The van der Waals surface area contributed by atoms with E-state index < -0.39 is 0 Å². The summed E-state index contributed by atoms with van der Waals surface area (Å²) in [6.07, 6.45) is 5.14. The molecule has 1 aromatic rings. The van der Waals surface area contributed by atoms with Crippen molar-refractivity contribution in [2.45, 2.75) is 51.6 Å². The van der Waals surface area contributed by atoms with Crippen molar-refractivity contribution in [1.29, 1.82) is 0 Å². The first-order valence-corrected chi connectivity index (χ1v) is 7.84. The maximum Gasteiger partial charge on any atom is 0.222 e. The molecule has 1 saturated heterocycles. The molecule has 0 aromatic heterocycles. The summed E-state index contributed by atoms with van der Waals surface area (Å²) in [7, 11) is 0. The quantitative estimate of drug-likeness (QED) is 0.837. The minimum atomic E-state index is 0. The topological polar surface area (TPSA) is 32.3 Å². The maximum atomic E-state index is 12.4. The molecule has 1 unspecified atom stereocenters. The molecule has 1 amide bonds. The van der Waals surface area contributed by atoms with Gasteiger partial charge in [-0.1, -0.05) is 37.3 Å². The monoisotopic (exact) mass is 310 g/mol. The van der Waals surface area contributed by atoms with Gasteiger partial charge in [0.1, 0.15) is 0 Å². The third kappa shape index (κ3) is 6.06. The minimum absolute atomic E-state index is 0. The van der Waals surface area contributed by atoms with Crippen molar-refractivity contribution in [2.75, 3.05) is 13.1 Å². The molecule has 0 spiro atoms. The van der Waals surface area contributed by atoms with E-state index in [2.05, 4.69) is 24.4 Å². The van der Waals surface area contributed by atoms with Gasteiger partial charge in [0, 0.05) is 25.6 Å². The van der Waals surface area contributed by atoms with Gasteiger partial charge in [-0.15, -0.1) is 12.4 Å². The Balaban J connectivity index is 0.00000220. The molecule has 118 valence electrons. The molecule has 0 saturated carbocycles. The predicted octanol–water partition coefficient (Wildman–Crippen LogP) is 3.38. The molecule has 1 atom stereocenters. The van der Waals surface area contributed by atoms with E-state index in [0.29, 0.717) is 18.4 Å². The number of benzene rings is 1. The van der Waals surface area contributed by atoms with Gasteiger partial charge in [-0.2, -0.15) is 0 Å². The van der Waals surface area contributed by atoms with Crippen molar-refractivity contribution in [2.24, 2.45) is 0 Å². The van der Waals surface area contributed by atoms with Crippen LogP contribution in [0.1, 0.15) is 44.6 Å². The molecule has 0 bridgehead atoms. The van der Waals surface area contributed by atoms with Crippen LogP contribution in [0.3, 0.4) is 0 Å². The fourth-order valence-electron chi connectivity index (χ4n) is 2.82. The SMILES string of the molecule is CCCN(Cc1ccccc1)C(=O)CCC1CCCN1.Cl. The van der Waals surface area contributed by atoms with Crippen LogP contribution in [0, 0.1) is 0 Å². The molecule has 3 nitrogen and oxygen atoms in total. The molecule has 1 fully saturated rings. The number of nitrogens with one attached hydrogen (secondary N) is 1. The van der Waals surface area contributed by atoms with Crippen molar-refractivity contribution in [3.8, 4) is 0 Å². The van der Waals surface area contributed by atoms with Crippen LogP contribution >= 0.6 is 12.4 Å². The summed E-state index contributed by atoms with van der Waals surface area (Å²) in [4.78, 5) is 14.4. The predicted molar refractivity (Wildman–Crippen MR) is 89.7 cm³/mol. The van der Waals surface area contributed by atoms with E-state index in [-0.39, 0.29) is 12.4 Å². The zero-order valence-electron chi connectivity index (χ0n) is 12.9. The summed E-state index contributed by atoms with van der Waals surface area (Å²) in [5.41, 5.74) is 1.22. The first-order valence-electron chi connectivity index (χ1n) is 7.84. The summed E-state index contributed by atoms with van der Waals surface area (Å²) in [5, 5.41) is 3.46. The lowest BCUT2D eigenvalue weighted by atomic mass is 10.1. The Morgan fingerprint density at radius 3 is 2.71 bits per heavy atom. The average molecular weight is 311 g/mol. The molecule has 2 rings (SSSR count). The second kappa shape index (κ2) is 9.80. The highest BCUT2D eigenvalue weighted by Crippen LogP contribution is 2.13. The van der Waals surface area contributed by atoms with Gasteiger partial charge >= 0.3 is 0 Å². The van der Waals surface area contributed by atoms with Crippen molar-refractivity contribution in [1.82, 2.24) is 10.2 Å². The highest BCUT2D eigenvalue weighted by molar-refractivity contribution is 5.85. The van der Waals surface area contributed by atoms with Gasteiger partial charge in [-0.05, 0) is 37.8 Å². The minimum Gasteiger partial charge on any atom is -0.338 e.